The Kier molecular flexibility index (Phi) is 36.8. The predicted molar refractivity (Wildman–Crippen MR) is 239 cm³/mol. The fourth-order valence-corrected chi connectivity index (χ4v) is 7.64. The smallest absolute Gasteiger partial charge is 0.306 e. The lowest BCUT2D eigenvalue weighted by Gasteiger charge is -2.43. The number of phosphoric ester groups is 1. The maximum Gasteiger partial charge on any atom is 0.306 e. The van der Waals surface area contributed by atoms with Crippen molar-refractivity contribution in [2.45, 2.75) is 217 Å². The molecule has 6 unspecified atom stereocenters. The van der Waals surface area contributed by atoms with E-state index in [-0.39, 0.29) is 19.0 Å². The molecule has 1 saturated carbocycles. The number of carbonyl (C=O) groups excluding carboxylic acids is 2. The first-order valence-electron chi connectivity index (χ1n) is 22.9. The van der Waals surface area contributed by atoms with Crippen LogP contribution in [-0.4, -0.2) is 93.4 Å². The quantitative estimate of drug-likeness (QED) is 0.0148. The Morgan fingerprint density at radius 2 is 0.934 bits per heavy atom. The van der Waals surface area contributed by atoms with Gasteiger partial charge in [0.1, 0.15) is 43.2 Å². The van der Waals surface area contributed by atoms with E-state index >= 15 is 0 Å². The van der Waals surface area contributed by atoms with Gasteiger partial charge in [0.25, 0.3) is 7.82 Å². The molecule has 1 fully saturated rings. The molecule has 356 valence electrons. The summed E-state index contributed by atoms with van der Waals surface area (Å²) in [6.45, 7) is 3.13. The Bertz CT molecular complexity index is 1250. The first-order valence-corrected chi connectivity index (χ1v) is 24.4. The number of phosphoric acid groups is 1. The maximum absolute atomic E-state index is 12.7. The lowest BCUT2D eigenvalue weighted by molar-refractivity contribution is -0.261. The van der Waals surface area contributed by atoms with Crippen molar-refractivity contribution in [2.75, 3.05) is 13.2 Å². The third-order valence-corrected chi connectivity index (χ3v) is 11.4. The van der Waals surface area contributed by atoms with Crippen molar-refractivity contribution in [1.82, 2.24) is 6.15 Å². The first kappa shape index (κ1) is 58.8. The zero-order chi connectivity index (χ0) is 44.3. The van der Waals surface area contributed by atoms with Crippen molar-refractivity contribution < 1.29 is 63.1 Å². The van der Waals surface area contributed by atoms with Gasteiger partial charge in [-0.15, -0.1) is 0 Å². The SMILES string of the molecule is CCCCC/C=C\C/C=C\C/C=C\C/C=C\CCCC(=O)O[C@H](COC(=O)CCCCCCCCCCCCCCCC)COP(=O)([O-])OC1C(O)C(O)C(O)[C@@H](O)C1O.[NH4+]. The summed E-state index contributed by atoms with van der Waals surface area (Å²) in [5, 5.41) is 50.0. The molecular formula is C46H84NO13P. The number of ether oxygens (including phenoxy) is 2. The van der Waals surface area contributed by atoms with Gasteiger partial charge in [-0.2, -0.15) is 0 Å². The highest BCUT2D eigenvalue weighted by molar-refractivity contribution is 7.45. The lowest BCUT2D eigenvalue weighted by atomic mass is 9.85. The Balaban J connectivity index is 0.0000360. The molecule has 0 heterocycles. The second-order valence-corrected chi connectivity index (χ2v) is 17.3. The molecule has 0 spiro atoms. The number of esters is 2. The summed E-state index contributed by atoms with van der Waals surface area (Å²) in [6, 6.07) is 0. The minimum Gasteiger partial charge on any atom is -0.756 e. The van der Waals surface area contributed by atoms with E-state index in [0.29, 0.717) is 19.3 Å². The van der Waals surface area contributed by atoms with Crippen LogP contribution in [0.4, 0.5) is 0 Å². The molecule has 0 aromatic heterocycles. The van der Waals surface area contributed by atoms with E-state index in [2.05, 4.69) is 50.3 Å². The van der Waals surface area contributed by atoms with Crippen LogP contribution in [0.2, 0.25) is 0 Å². The van der Waals surface area contributed by atoms with E-state index in [0.717, 1.165) is 44.9 Å². The molecule has 14 nitrogen and oxygen atoms in total. The maximum atomic E-state index is 12.7. The number of unbranched alkanes of at least 4 members (excludes halogenated alkanes) is 17. The Labute approximate surface area is 367 Å². The van der Waals surface area contributed by atoms with Gasteiger partial charge < -0.3 is 55.1 Å². The van der Waals surface area contributed by atoms with Gasteiger partial charge in [0, 0.05) is 12.8 Å². The average Bonchev–Trinajstić information content (AvgIpc) is 3.23. The summed E-state index contributed by atoms with van der Waals surface area (Å²) in [5.74, 6) is -1.20. The summed E-state index contributed by atoms with van der Waals surface area (Å²) < 4.78 is 33.1. The van der Waals surface area contributed by atoms with Crippen LogP contribution in [0, 0.1) is 0 Å². The predicted octanol–water partition coefficient (Wildman–Crippen LogP) is 8.52. The molecule has 9 N–H and O–H groups in total. The van der Waals surface area contributed by atoms with Crippen molar-refractivity contribution >= 4 is 19.8 Å². The third-order valence-electron chi connectivity index (χ3n) is 10.4. The Morgan fingerprint density at radius 1 is 0.541 bits per heavy atom. The number of allylic oxidation sites excluding steroid dienone is 8. The van der Waals surface area contributed by atoms with Gasteiger partial charge in [0.15, 0.2) is 6.10 Å². The zero-order valence-electron chi connectivity index (χ0n) is 37.7. The molecule has 1 aliphatic rings. The van der Waals surface area contributed by atoms with Crippen LogP contribution >= 0.6 is 7.82 Å². The summed E-state index contributed by atoms with van der Waals surface area (Å²) in [4.78, 5) is 37.9. The van der Waals surface area contributed by atoms with E-state index in [1.165, 1.54) is 83.5 Å². The topological polar surface area (TPSA) is 249 Å². The summed E-state index contributed by atoms with van der Waals surface area (Å²) >= 11 is 0. The minimum absolute atomic E-state index is 0. The molecule has 1 aliphatic carbocycles. The van der Waals surface area contributed by atoms with Crippen molar-refractivity contribution in [2.24, 2.45) is 0 Å². The van der Waals surface area contributed by atoms with Crippen LogP contribution in [0.15, 0.2) is 48.6 Å². The fourth-order valence-electron chi connectivity index (χ4n) is 6.68. The second kappa shape index (κ2) is 38.2. The highest BCUT2D eigenvalue weighted by Gasteiger charge is 2.50. The van der Waals surface area contributed by atoms with Crippen LogP contribution in [0.25, 0.3) is 0 Å². The number of hydrogen-bond acceptors (Lipinski definition) is 13. The van der Waals surface area contributed by atoms with Crippen LogP contribution in [-0.2, 0) is 32.7 Å². The first-order chi connectivity index (χ1) is 28.9. The van der Waals surface area contributed by atoms with Gasteiger partial charge >= 0.3 is 11.9 Å². The number of quaternary nitrogens is 1. The third kappa shape index (κ3) is 30.5. The molecule has 0 aliphatic heterocycles. The molecule has 1 rings (SSSR count). The zero-order valence-corrected chi connectivity index (χ0v) is 38.6. The molecule has 0 aromatic rings. The minimum atomic E-state index is -5.38. The number of hydrogen-bond donors (Lipinski definition) is 6. The van der Waals surface area contributed by atoms with Gasteiger partial charge in [-0.3, -0.25) is 14.2 Å². The van der Waals surface area contributed by atoms with Crippen LogP contribution in [0.3, 0.4) is 0 Å². The van der Waals surface area contributed by atoms with Crippen LogP contribution in [0.1, 0.15) is 174 Å². The Hall–Kier alpha value is -2.23. The Morgan fingerprint density at radius 3 is 1.43 bits per heavy atom. The molecule has 0 bridgehead atoms. The number of aliphatic hydroxyl groups excluding tert-OH is 5. The monoisotopic (exact) mass is 890 g/mol. The largest absolute Gasteiger partial charge is 0.756 e. The van der Waals surface area contributed by atoms with E-state index in [1.807, 2.05) is 12.2 Å². The van der Waals surface area contributed by atoms with Crippen molar-refractivity contribution in [3.8, 4) is 0 Å². The lowest BCUT2D eigenvalue weighted by Crippen LogP contribution is -2.64. The molecule has 15 heteroatoms. The molecule has 61 heavy (non-hydrogen) atoms. The summed E-state index contributed by atoms with van der Waals surface area (Å²) in [5.41, 5.74) is 0. The van der Waals surface area contributed by atoms with E-state index in [4.69, 9.17) is 18.5 Å². The van der Waals surface area contributed by atoms with Gasteiger partial charge in [-0.25, -0.2) is 0 Å². The molecule has 0 saturated heterocycles. The molecular weight excluding hydrogens is 805 g/mol. The molecule has 0 amide bonds. The normalized spacial score (nSPS) is 22.2. The fraction of sp³-hybridized carbons (Fsp3) is 0.783. The van der Waals surface area contributed by atoms with Crippen LogP contribution < -0.4 is 11.0 Å². The average molecular weight is 890 g/mol. The molecule has 8 atom stereocenters. The summed E-state index contributed by atoms with van der Waals surface area (Å²) in [6.07, 6.45) is 28.4. The van der Waals surface area contributed by atoms with Gasteiger partial charge in [-0.05, 0) is 51.4 Å². The van der Waals surface area contributed by atoms with Crippen molar-refractivity contribution in [3.63, 3.8) is 0 Å². The van der Waals surface area contributed by atoms with Crippen molar-refractivity contribution in [1.29, 1.82) is 0 Å². The van der Waals surface area contributed by atoms with Gasteiger partial charge in [-0.1, -0.05) is 159 Å². The van der Waals surface area contributed by atoms with Crippen LogP contribution in [0.5, 0.6) is 0 Å². The van der Waals surface area contributed by atoms with E-state index in [1.54, 1.807) is 0 Å². The molecule has 0 aromatic carbocycles. The van der Waals surface area contributed by atoms with Gasteiger partial charge in [0.05, 0.1) is 6.61 Å². The van der Waals surface area contributed by atoms with E-state index < -0.39 is 75.7 Å². The number of aliphatic hydroxyl groups is 5. The van der Waals surface area contributed by atoms with E-state index in [9.17, 15) is 44.6 Å². The van der Waals surface area contributed by atoms with Gasteiger partial charge in [0.2, 0.25) is 0 Å². The second-order valence-electron chi connectivity index (χ2n) is 15.9. The highest BCUT2D eigenvalue weighted by Crippen LogP contribution is 2.43. The molecule has 0 radical (unpaired) electrons. The van der Waals surface area contributed by atoms with Crippen molar-refractivity contribution in [3.05, 3.63) is 48.6 Å². The summed E-state index contributed by atoms with van der Waals surface area (Å²) in [7, 11) is -5.38. The standard InChI is InChI=1S/C46H81O13P.H3N/c1-3-5-7-9-11-13-15-17-19-20-21-23-25-27-29-31-33-35-40(48)58-38(37-57-60(54,55)59-46-44(52)42(50)41(49)43(51)45(46)53)36-56-39(47)34-32-30-28-26-24-22-18-16-14-12-10-8-6-4-2;/h11,13,17,19,21,23,27,29,38,41-46,49-53H,3-10,12,14-16,18,20,22,24-26,28,30-37H2,1-2H3,(H,54,55);1H3/b13-11-,19-17-,23-21-,29-27-;/t38-,41?,42-,43?,44?,45?,46?;/m1./s1. The highest BCUT2D eigenvalue weighted by atomic mass is 31.2. The number of rotatable bonds is 37. The number of carbonyl (C=O) groups is 2.